The number of amides is 4. The number of carbonyl (C=O) groups is 3. The Bertz CT molecular complexity index is 889. The summed E-state index contributed by atoms with van der Waals surface area (Å²) in [5.41, 5.74) is 0.584. The van der Waals surface area contributed by atoms with Gasteiger partial charge in [-0.3, -0.25) is 14.5 Å². The molecule has 8 nitrogen and oxygen atoms in total. The number of ether oxygens (including phenoxy) is 2. The number of benzene rings is 1. The summed E-state index contributed by atoms with van der Waals surface area (Å²) in [6, 6.07) is 4.10. The molecule has 2 aliphatic heterocycles. The smallest absolute Gasteiger partial charge is 0.325 e. The fraction of sp³-hybridized carbons (Fsp3) is 0.609. The molecule has 1 saturated heterocycles. The molecule has 0 aromatic heterocycles. The standard InChI is InChI=1S/C23H29N3O5/c27-20(14-17-21(28)26(22(29)25-17)16-7-3-1-4-8-16)24-15-9-10-18-19(13-15)31-23(30-18)11-5-2-6-12-23/h9-10,13,16-17H,1-8,11-12,14H2,(H,24,27)(H,25,29)/t17-/m1/s1. The third kappa shape index (κ3) is 3.95. The zero-order chi connectivity index (χ0) is 21.4. The lowest BCUT2D eigenvalue weighted by molar-refractivity contribution is -0.131. The number of fused-ring (bicyclic) bond motifs is 1. The average molecular weight is 428 g/mol. The van der Waals surface area contributed by atoms with E-state index in [-0.39, 0.29) is 30.3 Å². The maximum atomic E-state index is 12.8. The normalized spacial score (nSPS) is 25.0. The predicted molar refractivity (Wildman–Crippen MR) is 113 cm³/mol. The average Bonchev–Trinajstić information content (AvgIpc) is 3.24. The number of imide groups is 1. The number of hydrogen-bond donors (Lipinski definition) is 2. The van der Waals surface area contributed by atoms with Crippen LogP contribution >= 0.6 is 0 Å². The van der Waals surface area contributed by atoms with E-state index in [4.69, 9.17) is 9.47 Å². The fourth-order valence-electron chi connectivity index (χ4n) is 5.24. The van der Waals surface area contributed by atoms with Gasteiger partial charge in [-0.1, -0.05) is 25.7 Å². The summed E-state index contributed by atoms with van der Waals surface area (Å²) in [7, 11) is 0. The van der Waals surface area contributed by atoms with Crippen molar-refractivity contribution in [2.24, 2.45) is 0 Å². The van der Waals surface area contributed by atoms with Crippen molar-refractivity contribution in [3.8, 4) is 11.5 Å². The van der Waals surface area contributed by atoms with E-state index in [0.29, 0.717) is 17.2 Å². The van der Waals surface area contributed by atoms with Gasteiger partial charge in [0.2, 0.25) is 5.91 Å². The number of nitrogens with one attached hydrogen (secondary N) is 2. The molecular weight excluding hydrogens is 398 g/mol. The highest BCUT2D eigenvalue weighted by atomic mass is 16.7. The van der Waals surface area contributed by atoms with E-state index in [1.165, 1.54) is 11.3 Å². The van der Waals surface area contributed by atoms with Gasteiger partial charge in [-0.2, -0.15) is 0 Å². The summed E-state index contributed by atoms with van der Waals surface area (Å²) in [6.07, 6.45) is 9.88. The monoisotopic (exact) mass is 427 g/mol. The van der Waals surface area contributed by atoms with Crippen LogP contribution in [0.2, 0.25) is 0 Å². The van der Waals surface area contributed by atoms with Crippen LogP contribution in [0.4, 0.5) is 10.5 Å². The van der Waals surface area contributed by atoms with Gasteiger partial charge in [-0.05, 0) is 37.8 Å². The molecule has 4 aliphatic rings. The molecule has 4 amide bonds. The Labute approximate surface area is 181 Å². The molecule has 2 aliphatic carbocycles. The number of hydrogen-bond acceptors (Lipinski definition) is 5. The number of urea groups is 1. The summed E-state index contributed by atoms with van der Waals surface area (Å²) in [4.78, 5) is 39.0. The summed E-state index contributed by atoms with van der Waals surface area (Å²) in [6.45, 7) is 0. The van der Waals surface area contributed by atoms with Crippen LogP contribution in [-0.4, -0.2) is 40.6 Å². The fourth-order valence-corrected chi connectivity index (χ4v) is 5.24. The molecule has 1 spiro atoms. The Morgan fingerprint density at radius 1 is 1.03 bits per heavy atom. The first-order chi connectivity index (χ1) is 15.0. The SMILES string of the molecule is O=C(C[C@H]1NC(=O)N(C2CCCCC2)C1=O)Nc1ccc2c(c1)OC1(CCCCC1)O2. The lowest BCUT2D eigenvalue weighted by atomic mass is 9.94. The number of nitrogens with zero attached hydrogens (tertiary/aromatic N) is 1. The first kappa shape index (κ1) is 20.2. The van der Waals surface area contributed by atoms with Gasteiger partial charge in [0.15, 0.2) is 11.5 Å². The van der Waals surface area contributed by atoms with Crippen molar-refractivity contribution < 1.29 is 23.9 Å². The molecule has 5 rings (SSSR count). The molecule has 3 fully saturated rings. The van der Waals surface area contributed by atoms with E-state index in [1.54, 1.807) is 12.1 Å². The highest BCUT2D eigenvalue weighted by Crippen LogP contribution is 2.46. The summed E-state index contributed by atoms with van der Waals surface area (Å²) < 4.78 is 12.2. The molecule has 0 radical (unpaired) electrons. The molecular formula is C23H29N3O5. The van der Waals surface area contributed by atoms with Crippen LogP contribution in [0.1, 0.15) is 70.6 Å². The van der Waals surface area contributed by atoms with E-state index in [2.05, 4.69) is 10.6 Å². The second-order valence-corrected chi connectivity index (χ2v) is 9.09. The van der Waals surface area contributed by atoms with E-state index in [0.717, 1.165) is 57.8 Å². The zero-order valence-electron chi connectivity index (χ0n) is 17.7. The first-order valence-corrected chi connectivity index (χ1v) is 11.5. The largest absolute Gasteiger partial charge is 0.448 e. The lowest BCUT2D eigenvalue weighted by Gasteiger charge is -2.31. The van der Waals surface area contributed by atoms with Gasteiger partial charge in [-0.15, -0.1) is 0 Å². The van der Waals surface area contributed by atoms with Crippen molar-refractivity contribution in [1.82, 2.24) is 10.2 Å². The summed E-state index contributed by atoms with van der Waals surface area (Å²) in [5, 5.41) is 5.50. The number of carbonyl (C=O) groups excluding carboxylic acids is 3. The zero-order valence-corrected chi connectivity index (χ0v) is 17.7. The number of rotatable bonds is 4. The van der Waals surface area contributed by atoms with Gasteiger partial charge in [0, 0.05) is 30.6 Å². The van der Waals surface area contributed by atoms with E-state index in [1.807, 2.05) is 6.07 Å². The molecule has 1 aromatic rings. The molecule has 2 saturated carbocycles. The van der Waals surface area contributed by atoms with Crippen molar-refractivity contribution in [1.29, 1.82) is 0 Å². The van der Waals surface area contributed by atoms with Gasteiger partial charge in [0.25, 0.3) is 11.7 Å². The molecule has 8 heteroatoms. The minimum atomic E-state index is -0.811. The van der Waals surface area contributed by atoms with Gasteiger partial charge < -0.3 is 20.1 Å². The maximum absolute atomic E-state index is 12.8. The minimum absolute atomic E-state index is 0.0460. The van der Waals surface area contributed by atoms with Crippen LogP contribution in [0, 0.1) is 0 Å². The van der Waals surface area contributed by atoms with Crippen molar-refractivity contribution >= 4 is 23.5 Å². The first-order valence-electron chi connectivity index (χ1n) is 11.5. The molecule has 2 N–H and O–H groups in total. The molecule has 166 valence electrons. The Kier molecular flexibility index (Phi) is 5.24. The van der Waals surface area contributed by atoms with Crippen LogP contribution in [0.15, 0.2) is 18.2 Å². The minimum Gasteiger partial charge on any atom is -0.448 e. The predicted octanol–water partition coefficient (Wildman–Crippen LogP) is 3.70. The van der Waals surface area contributed by atoms with Gasteiger partial charge in [0.05, 0.1) is 6.42 Å². The quantitative estimate of drug-likeness (QED) is 0.714. The van der Waals surface area contributed by atoms with Crippen molar-refractivity contribution in [2.75, 3.05) is 5.32 Å². The van der Waals surface area contributed by atoms with Crippen LogP contribution < -0.4 is 20.1 Å². The van der Waals surface area contributed by atoms with Crippen molar-refractivity contribution in [2.45, 2.75) is 88.5 Å². The van der Waals surface area contributed by atoms with E-state index >= 15 is 0 Å². The number of anilines is 1. The topological polar surface area (TPSA) is 97.0 Å². The molecule has 2 heterocycles. The van der Waals surface area contributed by atoms with Crippen LogP contribution in [-0.2, 0) is 9.59 Å². The molecule has 0 bridgehead atoms. The van der Waals surface area contributed by atoms with Crippen LogP contribution in [0.3, 0.4) is 0 Å². The summed E-state index contributed by atoms with van der Waals surface area (Å²) in [5.74, 6) is 0.147. The second kappa shape index (κ2) is 8.05. The Morgan fingerprint density at radius 3 is 2.52 bits per heavy atom. The second-order valence-electron chi connectivity index (χ2n) is 9.09. The van der Waals surface area contributed by atoms with Gasteiger partial charge in [0.1, 0.15) is 6.04 Å². The van der Waals surface area contributed by atoms with Crippen molar-refractivity contribution in [3.63, 3.8) is 0 Å². The summed E-state index contributed by atoms with van der Waals surface area (Å²) >= 11 is 0. The lowest BCUT2D eigenvalue weighted by Crippen LogP contribution is -2.42. The Balaban J connectivity index is 1.19. The Morgan fingerprint density at radius 2 is 1.74 bits per heavy atom. The van der Waals surface area contributed by atoms with E-state index < -0.39 is 11.8 Å². The van der Waals surface area contributed by atoms with Gasteiger partial charge in [-0.25, -0.2) is 4.79 Å². The molecule has 1 atom stereocenters. The molecule has 31 heavy (non-hydrogen) atoms. The van der Waals surface area contributed by atoms with Crippen LogP contribution in [0.5, 0.6) is 11.5 Å². The van der Waals surface area contributed by atoms with Gasteiger partial charge >= 0.3 is 6.03 Å². The maximum Gasteiger partial charge on any atom is 0.325 e. The molecule has 1 aromatic carbocycles. The van der Waals surface area contributed by atoms with Crippen molar-refractivity contribution in [3.05, 3.63) is 18.2 Å². The third-order valence-corrected chi connectivity index (χ3v) is 6.82. The molecule has 0 unspecified atom stereocenters. The Hall–Kier alpha value is -2.77. The highest BCUT2D eigenvalue weighted by Gasteiger charge is 2.44. The van der Waals surface area contributed by atoms with Crippen LogP contribution in [0.25, 0.3) is 0 Å². The van der Waals surface area contributed by atoms with E-state index in [9.17, 15) is 14.4 Å². The highest BCUT2D eigenvalue weighted by molar-refractivity contribution is 6.07. The third-order valence-electron chi connectivity index (χ3n) is 6.82.